The first-order chi connectivity index (χ1) is 14.1. The molecule has 156 valence electrons. The number of nitrogens with one attached hydrogen (secondary N) is 1. The fourth-order valence-electron chi connectivity index (χ4n) is 3.69. The molecule has 1 heterocycles. The highest BCUT2D eigenvalue weighted by Gasteiger charge is 2.15. The van der Waals surface area contributed by atoms with Gasteiger partial charge in [0.25, 0.3) is 5.56 Å². The van der Waals surface area contributed by atoms with E-state index in [2.05, 4.69) is 10.4 Å². The van der Waals surface area contributed by atoms with E-state index in [4.69, 9.17) is 9.47 Å². The Kier molecular flexibility index (Phi) is 7.27. The van der Waals surface area contributed by atoms with Crippen LogP contribution in [0.1, 0.15) is 44.9 Å². The summed E-state index contributed by atoms with van der Waals surface area (Å²) in [7, 11) is 3.16. The number of aromatic nitrogens is 2. The molecule has 2 aromatic rings. The minimum absolute atomic E-state index is 0.0565. The molecule has 0 unspecified atom stereocenters. The lowest BCUT2D eigenvalue weighted by Crippen LogP contribution is -2.36. The zero-order valence-electron chi connectivity index (χ0n) is 17.1. The number of ether oxygens (including phenoxy) is 2. The lowest BCUT2D eigenvalue weighted by atomic mass is 9.95. The summed E-state index contributed by atoms with van der Waals surface area (Å²) in [6.07, 6.45) is 6.74. The average molecular weight is 399 g/mol. The maximum atomic E-state index is 12.2. The van der Waals surface area contributed by atoms with Crippen LogP contribution in [-0.4, -0.2) is 35.9 Å². The highest BCUT2D eigenvalue weighted by Crippen LogP contribution is 2.31. The Morgan fingerprint density at radius 1 is 1.10 bits per heavy atom. The van der Waals surface area contributed by atoms with Gasteiger partial charge in [-0.3, -0.25) is 9.59 Å². The van der Waals surface area contributed by atoms with E-state index in [-0.39, 0.29) is 11.5 Å². The van der Waals surface area contributed by atoms with Gasteiger partial charge in [0.15, 0.2) is 11.5 Å². The van der Waals surface area contributed by atoms with Gasteiger partial charge >= 0.3 is 0 Å². The molecule has 1 aliphatic rings. The maximum absolute atomic E-state index is 12.2. The molecular formula is C22H29N3O4. The fourth-order valence-corrected chi connectivity index (χ4v) is 3.69. The smallest absolute Gasteiger partial charge is 0.266 e. The van der Waals surface area contributed by atoms with E-state index in [1.165, 1.54) is 30.0 Å². The van der Waals surface area contributed by atoms with Crippen LogP contribution in [-0.2, 0) is 11.3 Å². The summed E-state index contributed by atoms with van der Waals surface area (Å²) in [5.74, 6) is 1.29. The third kappa shape index (κ3) is 5.59. The van der Waals surface area contributed by atoms with Crippen LogP contribution < -0.4 is 20.3 Å². The van der Waals surface area contributed by atoms with Gasteiger partial charge in [-0.1, -0.05) is 19.3 Å². The highest BCUT2D eigenvalue weighted by atomic mass is 16.5. The van der Waals surface area contributed by atoms with Crippen LogP contribution in [0.25, 0.3) is 11.3 Å². The van der Waals surface area contributed by atoms with Crippen molar-refractivity contribution in [1.82, 2.24) is 15.1 Å². The second-order valence-corrected chi connectivity index (χ2v) is 7.36. The summed E-state index contributed by atoms with van der Waals surface area (Å²) in [5, 5.41) is 7.57. The molecule has 1 N–H and O–H groups in total. The summed E-state index contributed by atoms with van der Waals surface area (Å²) < 4.78 is 12.0. The third-order valence-corrected chi connectivity index (χ3v) is 5.29. The Bertz CT molecular complexity index is 888. The Morgan fingerprint density at radius 2 is 1.86 bits per heavy atom. The molecule has 7 heteroatoms. The molecule has 0 atom stereocenters. The Hall–Kier alpha value is -2.83. The number of hydrogen-bond acceptors (Lipinski definition) is 5. The molecule has 0 bridgehead atoms. The average Bonchev–Trinajstić information content (AvgIpc) is 2.75. The molecule has 7 nitrogen and oxygen atoms in total. The number of carbonyl (C=O) groups is 1. The van der Waals surface area contributed by atoms with Crippen molar-refractivity contribution in [3.63, 3.8) is 0 Å². The van der Waals surface area contributed by atoms with E-state index >= 15 is 0 Å². The topological polar surface area (TPSA) is 82.5 Å². The molecule has 1 aliphatic carbocycles. The van der Waals surface area contributed by atoms with Crippen molar-refractivity contribution in [2.45, 2.75) is 57.5 Å². The van der Waals surface area contributed by atoms with Crippen molar-refractivity contribution in [2.75, 3.05) is 14.2 Å². The Balaban J connectivity index is 1.62. The lowest BCUT2D eigenvalue weighted by Gasteiger charge is -2.22. The van der Waals surface area contributed by atoms with E-state index < -0.39 is 0 Å². The third-order valence-electron chi connectivity index (χ3n) is 5.29. The molecule has 29 heavy (non-hydrogen) atoms. The highest BCUT2D eigenvalue weighted by molar-refractivity contribution is 5.76. The van der Waals surface area contributed by atoms with Gasteiger partial charge in [-0.05, 0) is 43.5 Å². The largest absolute Gasteiger partial charge is 0.493 e. The molecule has 1 saturated carbocycles. The number of methoxy groups -OCH3 is 2. The first kappa shape index (κ1) is 20.9. The van der Waals surface area contributed by atoms with Crippen LogP contribution in [0.15, 0.2) is 35.1 Å². The monoisotopic (exact) mass is 399 g/mol. The predicted molar refractivity (Wildman–Crippen MR) is 111 cm³/mol. The van der Waals surface area contributed by atoms with Crippen molar-refractivity contribution < 1.29 is 14.3 Å². The van der Waals surface area contributed by atoms with Gasteiger partial charge in [-0.2, -0.15) is 5.10 Å². The summed E-state index contributed by atoms with van der Waals surface area (Å²) >= 11 is 0. The van der Waals surface area contributed by atoms with Crippen LogP contribution in [0.3, 0.4) is 0 Å². The van der Waals surface area contributed by atoms with Crippen LogP contribution in [0.5, 0.6) is 11.5 Å². The molecule has 0 spiro atoms. The summed E-state index contributed by atoms with van der Waals surface area (Å²) in [4.78, 5) is 24.3. The number of nitrogens with zero attached hydrogens (tertiary/aromatic N) is 2. The number of aryl methyl sites for hydroxylation is 1. The Labute approximate surface area is 171 Å². The van der Waals surface area contributed by atoms with Crippen LogP contribution in [0.4, 0.5) is 0 Å². The van der Waals surface area contributed by atoms with Crippen LogP contribution in [0.2, 0.25) is 0 Å². The van der Waals surface area contributed by atoms with Crippen molar-refractivity contribution in [3.8, 4) is 22.8 Å². The molecule has 1 aromatic carbocycles. The quantitative estimate of drug-likeness (QED) is 0.737. The number of carbonyl (C=O) groups excluding carboxylic acids is 1. The number of amides is 1. The minimum atomic E-state index is -0.179. The predicted octanol–water partition coefficient (Wildman–Crippen LogP) is 3.16. The zero-order chi connectivity index (χ0) is 20.6. The summed E-state index contributed by atoms with van der Waals surface area (Å²) in [6.45, 7) is 0.401. The van der Waals surface area contributed by atoms with E-state index in [0.717, 1.165) is 18.4 Å². The minimum Gasteiger partial charge on any atom is -0.493 e. The van der Waals surface area contributed by atoms with Gasteiger partial charge in [0, 0.05) is 30.6 Å². The van der Waals surface area contributed by atoms with Crippen LogP contribution >= 0.6 is 0 Å². The van der Waals surface area contributed by atoms with Gasteiger partial charge < -0.3 is 14.8 Å². The molecule has 0 radical (unpaired) electrons. The number of rotatable bonds is 8. The molecule has 1 aromatic heterocycles. The van der Waals surface area contributed by atoms with E-state index in [1.807, 2.05) is 12.1 Å². The summed E-state index contributed by atoms with van der Waals surface area (Å²) in [5.41, 5.74) is 1.31. The standard InChI is InChI=1S/C22H29N3O4/c1-28-19-12-10-16(15-20(19)29-2)18-11-13-22(27)25(24-18)14-6-9-21(26)23-17-7-4-3-5-8-17/h10-13,15,17H,3-9,14H2,1-2H3,(H,23,26). The summed E-state index contributed by atoms with van der Waals surface area (Å²) in [6, 6.07) is 9.01. The number of hydrogen-bond donors (Lipinski definition) is 1. The van der Waals surface area contributed by atoms with Gasteiger partial charge in [0.1, 0.15) is 0 Å². The van der Waals surface area contributed by atoms with Crippen molar-refractivity contribution in [3.05, 3.63) is 40.7 Å². The SMILES string of the molecule is COc1ccc(-c2ccc(=O)n(CCCC(=O)NC3CCCCC3)n2)cc1OC. The van der Waals surface area contributed by atoms with Gasteiger partial charge in [-0.15, -0.1) is 0 Å². The molecule has 1 fully saturated rings. The fraction of sp³-hybridized carbons (Fsp3) is 0.500. The molecule has 1 amide bonds. The first-order valence-electron chi connectivity index (χ1n) is 10.2. The van der Waals surface area contributed by atoms with Gasteiger partial charge in [0.05, 0.1) is 19.9 Å². The normalized spacial score (nSPS) is 14.4. The molecule has 3 rings (SSSR count). The molecular weight excluding hydrogens is 370 g/mol. The second kappa shape index (κ2) is 10.1. The lowest BCUT2D eigenvalue weighted by molar-refractivity contribution is -0.122. The maximum Gasteiger partial charge on any atom is 0.266 e. The van der Waals surface area contributed by atoms with Gasteiger partial charge in [-0.25, -0.2) is 4.68 Å². The van der Waals surface area contributed by atoms with E-state index in [0.29, 0.717) is 42.6 Å². The van der Waals surface area contributed by atoms with E-state index in [9.17, 15) is 9.59 Å². The van der Waals surface area contributed by atoms with Crippen molar-refractivity contribution in [1.29, 1.82) is 0 Å². The molecule has 0 aliphatic heterocycles. The molecule has 0 saturated heterocycles. The van der Waals surface area contributed by atoms with Crippen molar-refractivity contribution >= 4 is 5.91 Å². The van der Waals surface area contributed by atoms with Crippen molar-refractivity contribution in [2.24, 2.45) is 0 Å². The van der Waals surface area contributed by atoms with Crippen LogP contribution in [0, 0.1) is 0 Å². The second-order valence-electron chi connectivity index (χ2n) is 7.36. The first-order valence-corrected chi connectivity index (χ1v) is 10.2. The number of benzene rings is 1. The van der Waals surface area contributed by atoms with Gasteiger partial charge in [0.2, 0.25) is 5.91 Å². The Morgan fingerprint density at radius 3 is 2.59 bits per heavy atom. The zero-order valence-corrected chi connectivity index (χ0v) is 17.1. The van der Waals surface area contributed by atoms with E-state index in [1.54, 1.807) is 26.4 Å².